The van der Waals surface area contributed by atoms with Crippen LogP contribution in [-0.2, 0) is 10.0 Å². The lowest BCUT2D eigenvalue weighted by atomic mass is 9.74. The Hall–Kier alpha value is -1.84. The third kappa shape index (κ3) is 4.83. The van der Waals surface area contributed by atoms with Crippen LogP contribution in [0.3, 0.4) is 0 Å². The van der Waals surface area contributed by atoms with Crippen LogP contribution in [-0.4, -0.2) is 39.6 Å². The normalized spacial score (nSPS) is 22.5. The Morgan fingerprint density at radius 2 is 1.84 bits per heavy atom. The summed E-state index contributed by atoms with van der Waals surface area (Å²) in [5.41, 5.74) is 6.13. The molecule has 31 heavy (non-hydrogen) atoms. The van der Waals surface area contributed by atoms with Gasteiger partial charge in [0.1, 0.15) is 4.90 Å². The standard InChI is InChI=1S/C22H36N4O4S/c1-14-13-16(19(30-3)20(18(14)23)31(24,28)29)21(27)26-22(2,17-11-8-12-25-17)15-9-6-4-5-7-10-15/h13,15,17,25H,4-12,23H2,1-3H3,(H,26,27)(H2,24,28,29). The number of nitrogens with two attached hydrogens (primary N) is 2. The van der Waals surface area contributed by atoms with E-state index in [9.17, 15) is 13.2 Å². The number of aryl methyl sites for hydroxylation is 1. The third-order valence-electron chi connectivity index (χ3n) is 7.08. The highest BCUT2D eigenvalue weighted by Crippen LogP contribution is 2.39. The van der Waals surface area contributed by atoms with Gasteiger partial charge < -0.3 is 21.1 Å². The van der Waals surface area contributed by atoms with E-state index in [2.05, 4.69) is 17.6 Å². The van der Waals surface area contributed by atoms with Crippen molar-refractivity contribution in [3.63, 3.8) is 0 Å². The van der Waals surface area contributed by atoms with Crippen molar-refractivity contribution in [2.75, 3.05) is 19.4 Å². The first-order chi connectivity index (χ1) is 14.6. The molecule has 1 saturated heterocycles. The predicted octanol–water partition coefficient (Wildman–Crippen LogP) is 2.44. The Morgan fingerprint density at radius 1 is 1.19 bits per heavy atom. The number of methoxy groups -OCH3 is 1. The lowest BCUT2D eigenvalue weighted by Crippen LogP contribution is -2.62. The van der Waals surface area contributed by atoms with Crippen molar-refractivity contribution in [2.45, 2.75) is 81.7 Å². The van der Waals surface area contributed by atoms with Crippen LogP contribution in [0, 0.1) is 12.8 Å². The van der Waals surface area contributed by atoms with Gasteiger partial charge in [-0.2, -0.15) is 0 Å². The van der Waals surface area contributed by atoms with Gasteiger partial charge in [-0.15, -0.1) is 0 Å². The molecule has 1 aliphatic carbocycles. The molecular weight excluding hydrogens is 416 g/mol. The number of hydrogen-bond acceptors (Lipinski definition) is 6. The highest BCUT2D eigenvalue weighted by atomic mass is 32.2. The number of primary sulfonamides is 1. The van der Waals surface area contributed by atoms with Gasteiger partial charge in [0.2, 0.25) is 10.0 Å². The second-order valence-electron chi connectivity index (χ2n) is 9.14. The van der Waals surface area contributed by atoms with Gasteiger partial charge in [-0.05, 0) is 63.6 Å². The molecule has 1 saturated carbocycles. The molecule has 2 unspecified atom stereocenters. The van der Waals surface area contributed by atoms with Gasteiger partial charge in [0, 0.05) is 6.04 Å². The van der Waals surface area contributed by atoms with Crippen molar-refractivity contribution in [3.05, 3.63) is 17.2 Å². The fraction of sp³-hybridized carbons (Fsp3) is 0.682. The highest BCUT2D eigenvalue weighted by Gasteiger charge is 2.44. The number of ether oxygens (including phenoxy) is 1. The van der Waals surface area contributed by atoms with Crippen molar-refractivity contribution >= 4 is 21.6 Å². The zero-order valence-corrected chi connectivity index (χ0v) is 19.6. The number of nitrogens with one attached hydrogen (secondary N) is 2. The Bertz CT molecular complexity index is 920. The first-order valence-electron chi connectivity index (χ1n) is 11.2. The zero-order chi connectivity index (χ0) is 22.8. The van der Waals surface area contributed by atoms with Gasteiger partial charge in [-0.25, -0.2) is 13.6 Å². The van der Waals surface area contributed by atoms with E-state index >= 15 is 0 Å². The van der Waals surface area contributed by atoms with E-state index in [-0.39, 0.29) is 33.8 Å². The number of carbonyl (C=O) groups excluding carboxylic acids is 1. The summed E-state index contributed by atoms with van der Waals surface area (Å²) >= 11 is 0. The first kappa shape index (κ1) is 23.8. The molecule has 8 nitrogen and oxygen atoms in total. The minimum atomic E-state index is -4.18. The van der Waals surface area contributed by atoms with Crippen LogP contribution >= 0.6 is 0 Å². The van der Waals surface area contributed by atoms with Gasteiger partial charge >= 0.3 is 0 Å². The molecule has 174 valence electrons. The number of benzene rings is 1. The van der Waals surface area contributed by atoms with Crippen LogP contribution in [0.25, 0.3) is 0 Å². The van der Waals surface area contributed by atoms with Gasteiger partial charge in [0.15, 0.2) is 5.75 Å². The van der Waals surface area contributed by atoms with E-state index in [1.54, 1.807) is 13.0 Å². The van der Waals surface area contributed by atoms with Crippen molar-refractivity contribution in [3.8, 4) is 5.75 Å². The van der Waals surface area contributed by atoms with Gasteiger partial charge in [0.25, 0.3) is 5.91 Å². The van der Waals surface area contributed by atoms with E-state index in [0.29, 0.717) is 11.5 Å². The third-order valence-corrected chi connectivity index (χ3v) is 8.06. The minimum Gasteiger partial charge on any atom is -0.494 e. The Morgan fingerprint density at radius 3 is 2.35 bits per heavy atom. The number of nitrogen functional groups attached to an aromatic ring is 1. The number of rotatable bonds is 6. The van der Waals surface area contributed by atoms with Crippen LogP contribution in [0.1, 0.15) is 74.2 Å². The summed E-state index contributed by atoms with van der Waals surface area (Å²) in [6, 6.07) is 1.74. The maximum absolute atomic E-state index is 13.6. The van der Waals surface area contributed by atoms with Crippen LogP contribution in [0.5, 0.6) is 5.75 Å². The molecule has 2 atom stereocenters. The lowest BCUT2D eigenvalue weighted by molar-refractivity contribution is 0.0804. The second kappa shape index (κ2) is 9.34. The lowest BCUT2D eigenvalue weighted by Gasteiger charge is -2.43. The van der Waals surface area contributed by atoms with Gasteiger partial charge in [-0.3, -0.25) is 4.79 Å². The monoisotopic (exact) mass is 452 g/mol. The predicted molar refractivity (Wildman–Crippen MR) is 122 cm³/mol. The second-order valence-corrected chi connectivity index (χ2v) is 10.6. The number of hydrogen-bond donors (Lipinski definition) is 4. The fourth-order valence-corrected chi connectivity index (χ4v) is 6.22. The molecule has 9 heteroatoms. The summed E-state index contributed by atoms with van der Waals surface area (Å²) in [7, 11) is -2.86. The maximum atomic E-state index is 13.6. The van der Waals surface area contributed by atoms with E-state index < -0.39 is 15.6 Å². The van der Waals surface area contributed by atoms with E-state index in [1.807, 2.05) is 0 Å². The molecule has 1 aromatic rings. The molecule has 6 N–H and O–H groups in total. The van der Waals surface area contributed by atoms with Crippen LogP contribution in [0.4, 0.5) is 5.69 Å². The summed E-state index contributed by atoms with van der Waals surface area (Å²) < 4.78 is 29.8. The summed E-state index contributed by atoms with van der Waals surface area (Å²) in [6.45, 7) is 4.72. The van der Waals surface area contributed by atoms with Crippen LogP contribution in [0.2, 0.25) is 0 Å². The van der Waals surface area contributed by atoms with Crippen molar-refractivity contribution in [1.29, 1.82) is 0 Å². The largest absolute Gasteiger partial charge is 0.494 e. The molecule has 0 aromatic heterocycles. The van der Waals surface area contributed by atoms with Crippen molar-refractivity contribution < 1.29 is 17.9 Å². The molecule has 1 aliphatic heterocycles. The molecule has 1 amide bonds. The summed E-state index contributed by atoms with van der Waals surface area (Å²) in [4.78, 5) is 13.2. The zero-order valence-electron chi connectivity index (χ0n) is 18.8. The van der Waals surface area contributed by atoms with Crippen molar-refractivity contribution in [2.24, 2.45) is 11.1 Å². The number of anilines is 1. The van der Waals surface area contributed by atoms with Crippen LogP contribution in [0.15, 0.2) is 11.0 Å². The smallest absolute Gasteiger partial charge is 0.255 e. The first-order valence-corrected chi connectivity index (χ1v) is 12.7. The number of sulfonamides is 1. The Labute approximate surface area is 185 Å². The van der Waals surface area contributed by atoms with Gasteiger partial charge in [0.05, 0.1) is 23.9 Å². The fourth-order valence-electron chi connectivity index (χ4n) is 5.30. The topological polar surface area (TPSA) is 137 Å². The summed E-state index contributed by atoms with van der Waals surface area (Å²) in [5.74, 6) is -0.135. The highest BCUT2D eigenvalue weighted by molar-refractivity contribution is 7.89. The minimum absolute atomic E-state index is 0.000102. The molecular formula is C22H36N4O4S. The molecule has 0 bridgehead atoms. The summed E-state index contributed by atoms with van der Waals surface area (Å²) in [6.07, 6.45) is 8.95. The van der Waals surface area contributed by atoms with E-state index in [0.717, 1.165) is 45.1 Å². The molecule has 0 spiro atoms. The van der Waals surface area contributed by atoms with E-state index in [4.69, 9.17) is 15.6 Å². The molecule has 1 heterocycles. The SMILES string of the molecule is COc1c(C(=O)NC(C)(C2CCCCCC2)C2CCCN2)cc(C)c(N)c1S(N)(=O)=O. The molecule has 3 rings (SSSR count). The number of carbonyl (C=O) groups is 1. The quantitative estimate of drug-likeness (QED) is 0.386. The summed E-state index contributed by atoms with van der Waals surface area (Å²) in [5, 5.41) is 12.3. The van der Waals surface area contributed by atoms with Crippen molar-refractivity contribution in [1.82, 2.24) is 10.6 Å². The Balaban J connectivity index is 2.03. The molecule has 2 fully saturated rings. The van der Waals surface area contributed by atoms with Crippen LogP contribution < -0.4 is 26.2 Å². The average Bonchev–Trinajstić information content (AvgIpc) is 3.11. The maximum Gasteiger partial charge on any atom is 0.255 e. The molecule has 2 aliphatic rings. The average molecular weight is 453 g/mol. The van der Waals surface area contributed by atoms with Gasteiger partial charge in [-0.1, -0.05) is 25.7 Å². The molecule has 1 aromatic carbocycles. The number of amides is 1. The molecule has 0 radical (unpaired) electrons. The van der Waals surface area contributed by atoms with E-state index in [1.165, 1.54) is 20.0 Å². The Kier molecular flexibility index (Phi) is 7.18.